The first-order valence-electron chi connectivity index (χ1n) is 5.42. The molecule has 0 aromatic heterocycles. The maximum absolute atomic E-state index is 10.6. The number of carbonyl (C=O) groups excluding carboxylic acids is 2. The summed E-state index contributed by atoms with van der Waals surface area (Å²) in [4.78, 5) is 21.1. The van der Waals surface area contributed by atoms with Gasteiger partial charge in [-0.2, -0.15) is 0 Å². The molecule has 0 fully saturated rings. The summed E-state index contributed by atoms with van der Waals surface area (Å²) in [5.74, 6) is -0.874. The highest BCUT2D eigenvalue weighted by Gasteiger charge is 1.97. The molecule has 0 aliphatic heterocycles. The van der Waals surface area contributed by atoms with Crippen LogP contribution in [0.4, 0.5) is 0 Å². The SMILES string of the molecule is C=CC(=O)OCCCCOC(=O)C=C.OCCO. The Morgan fingerprint density at radius 2 is 1.22 bits per heavy atom. The molecular formula is C12H20O6. The second-order valence-corrected chi connectivity index (χ2v) is 2.90. The van der Waals surface area contributed by atoms with Gasteiger partial charge >= 0.3 is 11.9 Å². The summed E-state index contributed by atoms with van der Waals surface area (Å²) in [7, 11) is 0. The van der Waals surface area contributed by atoms with Gasteiger partial charge < -0.3 is 19.7 Å². The van der Waals surface area contributed by atoms with Gasteiger partial charge in [0.25, 0.3) is 0 Å². The second-order valence-electron chi connectivity index (χ2n) is 2.90. The molecule has 0 rings (SSSR count). The molecule has 0 bridgehead atoms. The van der Waals surface area contributed by atoms with E-state index in [2.05, 4.69) is 13.2 Å². The van der Waals surface area contributed by atoms with E-state index < -0.39 is 11.9 Å². The van der Waals surface area contributed by atoms with E-state index in [9.17, 15) is 9.59 Å². The molecule has 6 heteroatoms. The number of aliphatic hydroxyl groups is 2. The standard InChI is InChI=1S/C10H14O4.C2H6O2/c1-3-9(11)13-7-5-6-8-14-10(12)4-2;3-1-2-4/h3-4H,1-2,5-8H2;3-4H,1-2H2. The Bertz CT molecular complexity index is 223. The van der Waals surface area contributed by atoms with Gasteiger partial charge in [-0.3, -0.25) is 0 Å². The minimum Gasteiger partial charge on any atom is -0.463 e. The number of aliphatic hydroxyl groups excluding tert-OH is 2. The molecule has 18 heavy (non-hydrogen) atoms. The summed E-state index contributed by atoms with van der Waals surface area (Å²) in [6.07, 6.45) is 3.53. The Morgan fingerprint density at radius 3 is 1.44 bits per heavy atom. The van der Waals surface area contributed by atoms with Crippen molar-refractivity contribution in [2.75, 3.05) is 26.4 Å². The van der Waals surface area contributed by atoms with E-state index in [0.717, 1.165) is 12.2 Å². The number of hydrogen-bond donors (Lipinski definition) is 2. The molecule has 2 N–H and O–H groups in total. The van der Waals surface area contributed by atoms with Crippen molar-refractivity contribution in [3.8, 4) is 0 Å². The molecule has 0 aliphatic rings. The van der Waals surface area contributed by atoms with Gasteiger partial charge in [-0.1, -0.05) is 13.2 Å². The van der Waals surface area contributed by atoms with Crippen molar-refractivity contribution in [3.63, 3.8) is 0 Å². The molecule has 0 aromatic rings. The molecule has 6 nitrogen and oxygen atoms in total. The van der Waals surface area contributed by atoms with Crippen LogP contribution in [-0.2, 0) is 19.1 Å². The summed E-state index contributed by atoms with van der Waals surface area (Å²) in [5.41, 5.74) is 0. The summed E-state index contributed by atoms with van der Waals surface area (Å²) in [5, 5.41) is 15.2. The lowest BCUT2D eigenvalue weighted by atomic mass is 10.3. The molecule has 0 saturated carbocycles. The van der Waals surface area contributed by atoms with Crippen molar-refractivity contribution in [3.05, 3.63) is 25.3 Å². The van der Waals surface area contributed by atoms with Gasteiger partial charge in [-0.15, -0.1) is 0 Å². The van der Waals surface area contributed by atoms with Crippen molar-refractivity contribution in [2.45, 2.75) is 12.8 Å². The molecule has 0 amide bonds. The van der Waals surface area contributed by atoms with Gasteiger partial charge in [0.15, 0.2) is 0 Å². The number of esters is 2. The zero-order valence-electron chi connectivity index (χ0n) is 10.3. The van der Waals surface area contributed by atoms with Gasteiger partial charge in [0.2, 0.25) is 0 Å². The molecule has 0 radical (unpaired) electrons. The fraction of sp³-hybridized carbons (Fsp3) is 0.500. The van der Waals surface area contributed by atoms with Crippen molar-refractivity contribution >= 4 is 11.9 Å². The van der Waals surface area contributed by atoms with Crippen LogP contribution in [0.1, 0.15) is 12.8 Å². The van der Waals surface area contributed by atoms with Gasteiger partial charge in [0.05, 0.1) is 26.4 Å². The first kappa shape index (κ1) is 18.7. The molecule has 0 atom stereocenters. The molecule has 0 saturated heterocycles. The maximum Gasteiger partial charge on any atom is 0.330 e. The van der Waals surface area contributed by atoms with Crippen molar-refractivity contribution in [2.24, 2.45) is 0 Å². The number of rotatable bonds is 8. The Kier molecular flexibility index (Phi) is 15.9. The Morgan fingerprint density at radius 1 is 0.889 bits per heavy atom. The van der Waals surface area contributed by atoms with Crippen molar-refractivity contribution in [1.29, 1.82) is 0 Å². The lowest BCUT2D eigenvalue weighted by Gasteiger charge is -2.02. The third-order valence-corrected chi connectivity index (χ3v) is 1.46. The molecular weight excluding hydrogens is 240 g/mol. The fourth-order valence-electron chi connectivity index (χ4n) is 0.667. The summed E-state index contributed by atoms with van der Waals surface area (Å²) >= 11 is 0. The number of ether oxygens (including phenoxy) is 2. The van der Waals surface area contributed by atoms with Crippen LogP contribution in [0.15, 0.2) is 25.3 Å². The predicted octanol–water partition coefficient (Wildman–Crippen LogP) is 0.196. The highest BCUT2D eigenvalue weighted by molar-refractivity contribution is 5.81. The van der Waals surface area contributed by atoms with Crippen LogP contribution in [0.2, 0.25) is 0 Å². The van der Waals surface area contributed by atoms with Gasteiger partial charge in [-0.25, -0.2) is 9.59 Å². The highest BCUT2D eigenvalue weighted by Crippen LogP contribution is 1.93. The Labute approximate surface area is 107 Å². The zero-order valence-corrected chi connectivity index (χ0v) is 10.3. The molecule has 0 unspecified atom stereocenters. The monoisotopic (exact) mass is 260 g/mol. The largest absolute Gasteiger partial charge is 0.463 e. The number of carbonyl (C=O) groups is 2. The first-order chi connectivity index (χ1) is 8.62. The zero-order chi connectivity index (χ0) is 14.2. The van der Waals surface area contributed by atoms with Crippen LogP contribution < -0.4 is 0 Å². The van der Waals surface area contributed by atoms with E-state index in [-0.39, 0.29) is 13.2 Å². The highest BCUT2D eigenvalue weighted by atomic mass is 16.5. The van der Waals surface area contributed by atoms with Crippen LogP contribution in [0, 0.1) is 0 Å². The van der Waals surface area contributed by atoms with Crippen LogP contribution >= 0.6 is 0 Å². The van der Waals surface area contributed by atoms with Gasteiger partial charge in [0.1, 0.15) is 0 Å². The van der Waals surface area contributed by atoms with Crippen LogP contribution in [0.3, 0.4) is 0 Å². The van der Waals surface area contributed by atoms with Crippen LogP contribution in [0.25, 0.3) is 0 Å². The molecule has 0 aromatic carbocycles. The van der Waals surface area contributed by atoms with Crippen molar-refractivity contribution < 1.29 is 29.3 Å². The molecule has 104 valence electrons. The van der Waals surface area contributed by atoms with E-state index in [4.69, 9.17) is 19.7 Å². The lowest BCUT2D eigenvalue weighted by molar-refractivity contribution is -0.140. The first-order valence-corrected chi connectivity index (χ1v) is 5.42. The van der Waals surface area contributed by atoms with Crippen molar-refractivity contribution in [1.82, 2.24) is 0 Å². The summed E-state index contributed by atoms with van der Waals surface area (Å²) in [6, 6.07) is 0. The molecule has 0 aliphatic carbocycles. The topological polar surface area (TPSA) is 93.1 Å². The normalized spacial score (nSPS) is 8.56. The minimum absolute atomic E-state index is 0.125. The average molecular weight is 260 g/mol. The number of unbranched alkanes of at least 4 members (excludes halogenated alkanes) is 1. The smallest absolute Gasteiger partial charge is 0.330 e. The average Bonchev–Trinajstić information content (AvgIpc) is 2.42. The Hall–Kier alpha value is -1.66. The van der Waals surface area contributed by atoms with E-state index in [0.29, 0.717) is 26.1 Å². The van der Waals surface area contributed by atoms with Gasteiger partial charge in [-0.05, 0) is 12.8 Å². The third-order valence-electron chi connectivity index (χ3n) is 1.46. The van der Waals surface area contributed by atoms with E-state index in [1.807, 2.05) is 0 Å². The lowest BCUT2D eigenvalue weighted by Crippen LogP contribution is -2.05. The van der Waals surface area contributed by atoms with Crippen LogP contribution in [-0.4, -0.2) is 48.6 Å². The quantitative estimate of drug-likeness (QED) is 0.368. The van der Waals surface area contributed by atoms with E-state index >= 15 is 0 Å². The minimum atomic E-state index is -0.437. The van der Waals surface area contributed by atoms with E-state index in [1.165, 1.54) is 0 Å². The second kappa shape index (κ2) is 15.3. The maximum atomic E-state index is 10.6. The summed E-state index contributed by atoms with van der Waals surface area (Å²) in [6.45, 7) is 6.89. The van der Waals surface area contributed by atoms with Gasteiger partial charge in [0, 0.05) is 12.2 Å². The molecule has 0 heterocycles. The van der Waals surface area contributed by atoms with E-state index in [1.54, 1.807) is 0 Å². The number of hydrogen-bond acceptors (Lipinski definition) is 6. The summed E-state index contributed by atoms with van der Waals surface area (Å²) < 4.78 is 9.41. The third kappa shape index (κ3) is 16.8. The Balaban J connectivity index is 0. The predicted molar refractivity (Wildman–Crippen MR) is 65.7 cm³/mol. The van der Waals surface area contributed by atoms with Crippen LogP contribution in [0.5, 0.6) is 0 Å². The fourth-order valence-corrected chi connectivity index (χ4v) is 0.667. The molecule has 0 spiro atoms.